The Morgan fingerprint density at radius 1 is 0.538 bits per heavy atom. The van der Waals surface area contributed by atoms with E-state index in [-0.39, 0.29) is 69.3 Å². The average Bonchev–Trinajstić information content (AvgIpc) is 2.85. The summed E-state index contributed by atoms with van der Waals surface area (Å²) in [7, 11) is 0. The van der Waals surface area contributed by atoms with E-state index in [4.69, 9.17) is 24.7 Å². The predicted molar refractivity (Wildman–Crippen MR) is 145 cm³/mol. The molecule has 1 saturated heterocycles. The van der Waals surface area contributed by atoms with Gasteiger partial charge < -0.3 is 24.7 Å². The van der Waals surface area contributed by atoms with Gasteiger partial charge in [-0.3, -0.25) is 38.8 Å². The molecule has 0 bridgehead atoms. The van der Waals surface area contributed by atoms with Gasteiger partial charge in [0.1, 0.15) is 0 Å². The highest BCUT2D eigenvalue weighted by atomic mass is 16.5. The quantitative estimate of drug-likeness (QED) is 0.235. The first kappa shape index (κ1) is 34.7. The van der Waals surface area contributed by atoms with Crippen LogP contribution < -0.4 is 5.73 Å². The molecule has 0 aromatic heterocycles. The number of hydrogen-bond donors (Lipinski definition) is 1. The Kier molecular flexibility index (Phi) is 18.3. The molecule has 0 unspecified atom stereocenters. The van der Waals surface area contributed by atoms with Crippen molar-refractivity contribution in [2.45, 2.75) is 40.2 Å². The first-order valence-electron chi connectivity index (χ1n) is 14.0. The van der Waals surface area contributed by atoms with Crippen molar-refractivity contribution in [3.8, 4) is 0 Å². The molecular weight excluding hydrogens is 510 g/mol. The van der Waals surface area contributed by atoms with Gasteiger partial charge in [-0.1, -0.05) is 0 Å². The molecular formula is C26H49N5O8. The second-order valence-electron chi connectivity index (χ2n) is 9.36. The van der Waals surface area contributed by atoms with E-state index in [1.54, 1.807) is 27.7 Å². The Morgan fingerprint density at radius 3 is 1.13 bits per heavy atom. The van der Waals surface area contributed by atoms with Crippen LogP contribution in [0, 0.1) is 0 Å². The fraction of sp³-hybridized carbons (Fsp3) is 0.846. The van der Waals surface area contributed by atoms with Crippen molar-refractivity contribution >= 4 is 23.9 Å². The van der Waals surface area contributed by atoms with Crippen LogP contribution in [0.5, 0.6) is 0 Å². The summed E-state index contributed by atoms with van der Waals surface area (Å²) in [4.78, 5) is 56.9. The average molecular weight is 560 g/mol. The van der Waals surface area contributed by atoms with Gasteiger partial charge in [-0.2, -0.15) is 0 Å². The minimum absolute atomic E-state index is 0.0694. The lowest BCUT2D eigenvalue weighted by Crippen LogP contribution is -2.51. The third-order valence-corrected chi connectivity index (χ3v) is 6.03. The third kappa shape index (κ3) is 16.4. The molecule has 0 aromatic rings. The zero-order valence-electron chi connectivity index (χ0n) is 24.2. The lowest BCUT2D eigenvalue weighted by atomic mass is 10.2. The molecule has 226 valence electrons. The van der Waals surface area contributed by atoms with Gasteiger partial charge in [0.2, 0.25) is 0 Å². The molecule has 0 aliphatic carbocycles. The van der Waals surface area contributed by atoms with Crippen LogP contribution >= 0.6 is 0 Å². The van der Waals surface area contributed by atoms with E-state index in [0.717, 1.165) is 0 Å². The first-order valence-corrected chi connectivity index (χ1v) is 14.0. The molecule has 39 heavy (non-hydrogen) atoms. The molecule has 13 nitrogen and oxygen atoms in total. The van der Waals surface area contributed by atoms with Crippen LogP contribution in [0.3, 0.4) is 0 Å². The second kappa shape index (κ2) is 20.6. The summed E-state index contributed by atoms with van der Waals surface area (Å²) >= 11 is 0. The number of esters is 4. The van der Waals surface area contributed by atoms with Crippen LogP contribution in [-0.4, -0.2) is 154 Å². The summed E-state index contributed by atoms with van der Waals surface area (Å²) in [6.45, 7) is 12.5. The normalized spacial score (nSPS) is 18.2. The van der Waals surface area contributed by atoms with Crippen LogP contribution in [0.1, 0.15) is 34.1 Å². The maximum Gasteiger partial charge on any atom is 0.320 e. The summed E-state index contributed by atoms with van der Waals surface area (Å²) in [6, 6.07) is -0.381. The summed E-state index contributed by atoms with van der Waals surface area (Å²) in [6.07, 6.45) is 0.689. The van der Waals surface area contributed by atoms with E-state index in [0.29, 0.717) is 72.0 Å². The lowest BCUT2D eigenvalue weighted by molar-refractivity contribution is -0.146. The Hall–Kier alpha value is -2.32. The van der Waals surface area contributed by atoms with Crippen molar-refractivity contribution in [2.24, 2.45) is 5.73 Å². The van der Waals surface area contributed by atoms with Crippen LogP contribution in [0.25, 0.3) is 0 Å². The minimum atomic E-state index is -0.381. The molecule has 1 aliphatic rings. The molecule has 0 amide bonds. The van der Waals surface area contributed by atoms with Crippen LogP contribution in [0.4, 0.5) is 0 Å². The summed E-state index contributed by atoms with van der Waals surface area (Å²) in [5, 5.41) is 0. The fourth-order valence-corrected chi connectivity index (χ4v) is 4.37. The van der Waals surface area contributed by atoms with E-state index >= 15 is 0 Å². The van der Waals surface area contributed by atoms with Crippen LogP contribution in [0.2, 0.25) is 0 Å². The molecule has 0 saturated carbocycles. The number of hydrogen-bond acceptors (Lipinski definition) is 13. The number of carbonyl (C=O) groups excluding carboxylic acids is 4. The third-order valence-electron chi connectivity index (χ3n) is 6.03. The zero-order valence-corrected chi connectivity index (χ0v) is 24.2. The van der Waals surface area contributed by atoms with Crippen LogP contribution in [0.15, 0.2) is 0 Å². The van der Waals surface area contributed by atoms with Gasteiger partial charge in [0.25, 0.3) is 0 Å². The number of carbonyl (C=O) groups is 4. The Bertz CT molecular complexity index is 683. The standard InChI is InChI=1S/C26H49N5O8/c1-5-36-23(32)18-28-10-9-11-29(19-24(33)37-6-2)13-15-31(21-26(35)39-8-4)17-22(27)16-30(14-12-28)20-25(34)38-7-3/h22H,5-21,27H2,1-4H3. The van der Waals surface area contributed by atoms with Gasteiger partial charge in [0.05, 0.1) is 52.6 Å². The van der Waals surface area contributed by atoms with Crippen molar-refractivity contribution in [1.82, 2.24) is 19.6 Å². The maximum atomic E-state index is 12.3. The van der Waals surface area contributed by atoms with Gasteiger partial charge in [-0.05, 0) is 34.1 Å². The van der Waals surface area contributed by atoms with E-state index in [9.17, 15) is 19.2 Å². The molecule has 0 radical (unpaired) electrons. The van der Waals surface area contributed by atoms with Crippen molar-refractivity contribution in [1.29, 1.82) is 0 Å². The highest BCUT2D eigenvalue weighted by Crippen LogP contribution is 2.05. The number of rotatable bonds is 12. The van der Waals surface area contributed by atoms with Gasteiger partial charge in [-0.25, -0.2) is 0 Å². The van der Waals surface area contributed by atoms with Gasteiger partial charge in [0, 0.05) is 58.4 Å². The lowest BCUT2D eigenvalue weighted by Gasteiger charge is -2.33. The van der Waals surface area contributed by atoms with Crippen molar-refractivity contribution in [2.75, 3.05) is 105 Å². The number of ether oxygens (including phenoxy) is 4. The first-order chi connectivity index (χ1) is 18.7. The van der Waals surface area contributed by atoms with E-state index in [1.165, 1.54) is 0 Å². The molecule has 0 spiro atoms. The van der Waals surface area contributed by atoms with Gasteiger partial charge in [-0.15, -0.1) is 0 Å². The molecule has 13 heteroatoms. The van der Waals surface area contributed by atoms with Crippen molar-refractivity contribution in [3.05, 3.63) is 0 Å². The van der Waals surface area contributed by atoms with E-state index in [1.807, 2.05) is 19.6 Å². The van der Waals surface area contributed by atoms with Gasteiger partial charge >= 0.3 is 23.9 Å². The summed E-state index contributed by atoms with van der Waals surface area (Å²) in [5.74, 6) is -1.32. The smallest absolute Gasteiger partial charge is 0.320 e. The monoisotopic (exact) mass is 559 g/mol. The van der Waals surface area contributed by atoms with Crippen molar-refractivity contribution in [3.63, 3.8) is 0 Å². The number of nitrogens with zero attached hydrogens (tertiary/aromatic N) is 4. The molecule has 2 N–H and O–H groups in total. The largest absolute Gasteiger partial charge is 0.465 e. The molecule has 1 fully saturated rings. The molecule has 0 atom stereocenters. The Balaban J connectivity index is 3.11. The minimum Gasteiger partial charge on any atom is -0.465 e. The number of nitrogens with two attached hydrogens (primary N) is 1. The van der Waals surface area contributed by atoms with Crippen LogP contribution in [-0.2, 0) is 38.1 Å². The Morgan fingerprint density at radius 2 is 0.821 bits per heavy atom. The molecule has 0 aromatic carbocycles. The topological polar surface area (TPSA) is 144 Å². The zero-order chi connectivity index (χ0) is 29.0. The van der Waals surface area contributed by atoms with E-state index in [2.05, 4.69) is 0 Å². The summed E-state index contributed by atoms with van der Waals surface area (Å²) in [5.41, 5.74) is 6.51. The van der Waals surface area contributed by atoms with Gasteiger partial charge in [0.15, 0.2) is 0 Å². The SMILES string of the molecule is CCOC(=O)CN1CCCN(CC(=O)OCC)CCN(CC(=O)OCC)CC(N)CN(CC(=O)OCC)CC1. The maximum absolute atomic E-state index is 12.3. The molecule has 1 rings (SSSR count). The molecule has 1 heterocycles. The highest BCUT2D eigenvalue weighted by Gasteiger charge is 2.23. The predicted octanol–water partition coefficient (Wildman–Crippen LogP) is -0.822. The Labute approximate surface area is 232 Å². The highest BCUT2D eigenvalue weighted by molar-refractivity contribution is 5.72. The fourth-order valence-electron chi connectivity index (χ4n) is 4.37. The summed E-state index contributed by atoms with van der Waals surface area (Å²) < 4.78 is 20.6. The second-order valence-corrected chi connectivity index (χ2v) is 9.36. The van der Waals surface area contributed by atoms with E-state index < -0.39 is 0 Å². The van der Waals surface area contributed by atoms with Crippen molar-refractivity contribution < 1.29 is 38.1 Å². The molecule has 1 aliphatic heterocycles.